The first-order valence-electron chi connectivity index (χ1n) is 8.28. The lowest BCUT2D eigenvalue weighted by Gasteiger charge is -2.40. The Morgan fingerprint density at radius 1 is 1.22 bits per heavy atom. The Labute approximate surface area is 140 Å². The molecule has 4 heteroatoms. The highest BCUT2D eigenvalue weighted by molar-refractivity contribution is 7.10. The van der Waals surface area contributed by atoms with Gasteiger partial charge in [0.05, 0.1) is 13.2 Å². The van der Waals surface area contributed by atoms with Crippen LogP contribution in [-0.4, -0.2) is 24.5 Å². The zero-order valence-electron chi connectivity index (χ0n) is 13.3. The summed E-state index contributed by atoms with van der Waals surface area (Å²) >= 11 is 1.81. The van der Waals surface area contributed by atoms with E-state index in [-0.39, 0.29) is 12.0 Å². The number of fused-ring (bicyclic) bond motifs is 1. The number of benzene rings is 1. The van der Waals surface area contributed by atoms with Crippen LogP contribution in [0.15, 0.2) is 35.7 Å². The van der Waals surface area contributed by atoms with Gasteiger partial charge in [-0.2, -0.15) is 0 Å². The molecular weight excluding hydrogens is 306 g/mol. The normalized spacial score (nSPS) is 20.7. The van der Waals surface area contributed by atoms with E-state index in [0.29, 0.717) is 5.91 Å². The minimum atomic E-state index is 0.0593. The number of hydrogen-bond donors (Lipinski definition) is 0. The first kappa shape index (κ1) is 14.8. The fourth-order valence-electron chi connectivity index (χ4n) is 3.59. The summed E-state index contributed by atoms with van der Waals surface area (Å²) in [5, 5.41) is 2.15. The fourth-order valence-corrected chi connectivity index (χ4v) is 4.49. The molecule has 1 unspecified atom stereocenters. The summed E-state index contributed by atoms with van der Waals surface area (Å²) in [6.07, 6.45) is 4.29. The molecule has 1 atom stereocenters. The van der Waals surface area contributed by atoms with Gasteiger partial charge in [-0.25, -0.2) is 0 Å². The van der Waals surface area contributed by atoms with E-state index in [1.807, 2.05) is 23.5 Å². The largest absolute Gasteiger partial charge is 0.497 e. The van der Waals surface area contributed by atoms with Gasteiger partial charge in [0.2, 0.25) is 5.91 Å². The van der Waals surface area contributed by atoms with E-state index in [1.165, 1.54) is 22.4 Å². The number of carbonyl (C=O) groups is 1. The zero-order chi connectivity index (χ0) is 15.8. The summed E-state index contributed by atoms with van der Waals surface area (Å²) < 4.78 is 5.27. The maximum Gasteiger partial charge on any atom is 0.226 e. The van der Waals surface area contributed by atoms with E-state index in [2.05, 4.69) is 28.5 Å². The lowest BCUT2D eigenvalue weighted by atomic mass is 9.82. The Balaban J connectivity index is 1.71. The van der Waals surface area contributed by atoms with Crippen LogP contribution in [0, 0.1) is 5.92 Å². The molecule has 1 saturated carbocycles. The second kappa shape index (κ2) is 6.00. The lowest BCUT2D eigenvalue weighted by molar-refractivity contribution is -0.140. The predicted octanol–water partition coefficient (Wildman–Crippen LogP) is 4.03. The number of rotatable bonds is 3. The van der Waals surface area contributed by atoms with Gasteiger partial charge in [-0.3, -0.25) is 4.79 Å². The van der Waals surface area contributed by atoms with Crippen LogP contribution in [0.3, 0.4) is 0 Å². The third-order valence-corrected chi connectivity index (χ3v) is 6.13. The molecule has 0 bridgehead atoms. The third kappa shape index (κ3) is 2.55. The van der Waals surface area contributed by atoms with Gasteiger partial charge in [-0.1, -0.05) is 18.6 Å². The van der Waals surface area contributed by atoms with Gasteiger partial charge in [-0.05, 0) is 54.0 Å². The molecule has 0 N–H and O–H groups in total. The Morgan fingerprint density at radius 3 is 2.65 bits per heavy atom. The van der Waals surface area contributed by atoms with Crippen molar-refractivity contribution in [3.05, 3.63) is 51.7 Å². The SMILES string of the molecule is COc1ccc(C2c3ccsc3CCN2C(=O)C2CCC2)cc1. The minimum absolute atomic E-state index is 0.0593. The van der Waals surface area contributed by atoms with Crippen LogP contribution in [0.25, 0.3) is 0 Å². The van der Waals surface area contributed by atoms with E-state index >= 15 is 0 Å². The molecule has 2 aliphatic rings. The van der Waals surface area contributed by atoms with Crippen molar-refractivity contribution in [1.29, 1.82) is 0 Å². The van der Waals surface area contributed by atoms with Gasteiger partial charge >= 0.3 is 0 Å². The van der Waals surface area contributed by atoms with Crippen molar-refractivity contribution in [2.45, 2.75) is 31.7 Å². The van der Waals surface area contributed by atoms with Crippen LogP contribution < -0.4 is 4.74 Å². The summed E-state index contributed by atoms with van der Waals surface area (Å²) in [5.74, 6) is 1.44. The summed E-state index contributed by atoms with van der Waals surface area (Å²) in [6.45, 7) is 0.833. The number of methoxy groups -OCH3 is 1. The van der Waals surface area contributed by atoms with Crippen LogP contribution in [0.1, 0.15) is 41.3 Å². The first-order chi connectivity index (χ1) is 11.3. The molecule has 4 rings (SSSR count). The maximum absolute atomic E-state index is 12.9. The molecule has 2 aromatic rings. The molecule has 1 fully saturated rings. The number of thiophene rings is 1. The van der Waals surface area contributed by atoms with Crippen LogP contribution in [0.5, 0.6) is 5.75 Å². The van der Waals surface area contributed by atoms with Crippen molar-refractivity contribution in [3.63, 3.8) is 0 Å². The Kier molecular flexibility index (Phi) is 3.85. The second-order valence-electron chi connectivity index (χ2n) is 6.38. The molecule has 0 saturated heterocycles. The molecule has 120 valence electrons. The molecule has 0 radical (unpaired) electrons. The highest BCUT2D eigenvalue weighted by Gasteiger charge is 2.37. The molecule has 1 aromatic heterocycles. The van der Waals surface area contributed by atoms with Gasteiger partial charge in [0.15, 0.2) is 0 Å². The number of nitrogens with zero attached hydrogens (tertiary/aromatic N) is 1. The van der Waals surface area contributed by atoms with E-state index in [1.54, 1.807) is 7.11 Å². The van der Waals surface area contributed by atoms with Crippen LogP contribution in [0.4, 0.5) is 0 Å². The summed E-state index contributed by atoms with van der Waals surface area (Å²) in [7, 11) is 1.68. The minimum Gasteiger partial charge on any atom is -0.497 e. The van der Waals surface area contributed by atoms with E-state index < -0.39 is 0 Å². The summed E-state index contributed by atoms with van der Waals surface area (Å²) in [5.41, 5.74) is 2.48. The molecule has 23 heavy (non-hydrogen) atoms. The molecule has 1 amide bonds. The molecule has 3 nitrogen and oxygen atoms in total. The van der Waals surface area contributed by atoms with Crippen LogP contribution >= 0.6 is 11.3 Å². The van der Waals surface area contributed by atoms with Crippen LogP contribution in [0.2, 0.25) is 0 Å². The Hall–Kier alpha value is -1.81. The molecule has 1 aliphatic carbocycles. The molecule has 1 aromatic carbocycles. The molecular formula is C19H21NO2S. The average molecular weight is 327 g/mol. The number of ether oxygens (including phenoxy) is 1. The number of carbonyl (C=O) groups excluding carboxylic acids is 1. The second-order valence-corrected chi connectivity index (χ2v) is 7.38. The number of hydrogen-bond acceptors (Lipinski definition) is 3. The van der Waals surface area contributed by atoms with Gasteiger partial charge in [-0.15, -0.1) is 11.3 Å². The highest BCUT2D eigenvalue weighted by Crippen LogP contribution is 2.40. The predicted molar refractivity (Wildman–Crippen MR) is 91.9 cm³/mol. The van der Waals surface area contributed by atoms with Crippen molar-refractivity contribution < 1.29 is 9.53 Å². The lowest BCUT2D eigenvalue weighted by Crippen LogP contribution is -2.44. The average Bonchev–Trinajstić information content (AvgIpc) is 3.01. The topological polar surface area (TPSA) is 29.5 Å². The molecule has 1 aliphatic heterocycles. The van der Waals surface area contributed by atoms with Gasteiger partial charge in [0, 0.05) is 17.3 Å². The third-order valence-electron chi connectivity index (χ3n) is 5.13. The molecule has 2 heterocycles. The maximum atomic E-state index is 12.9. The van der Waals surface area contributed by atoms with Crippen molar-refractivity contribution in [3.8, 4) is 5.75 Å². The number of amides is 1. The van der Waals surface area contributed by atoms with E-state index in [9.17, 15) is 4.79 Å². The van der Waals surface area contributed by atoms with E-state index in [4.69, 9.17) is 4.74 Å². The zero-order valence-corrected chi connectivity index (χ0v) is 14.1. The first-order valence-corrected chi connectivity index (χ1v) is 9.16. The summed E-state index contributed by atoms with van der Waals surface area (Å²) in [6, 6.07) is 10.4. The standard InChI is InChI=1S/C19H21NO2S/c1-22-15-7-5-13(6-8-15)18-16-10-12-23-17(16)9-11-20(18)19(21)14-3-2-4-14/h5-8,10,12,14,18H,2-4,9,11H2,1H3. The Morgan fingerprint density at radius 2 is 2.00 bits per heavy atom. The monoisotopic (exact) mass is 327 g/mol. The van der Waals surface area contributed by atoms with Gasteiger partial charge in [0.25, 0.3) is 0 Å². The Bertz CT molecular complexity index is 702. The van der Waals surface area contributed by atoms with Crippen molar-refractivity contribution in [2.75, 3.05) is 13.7 Å². The highest BCUT2D eigenvalue weighted by atomic mass is 32.1. The van der Waals surface area contributed by atoms with Gasteiger partial charge < -0.3 is 9.64 Å². The van der Waals surface area contributed by atoms with E-state index in [0.717, 1.165) is 31.6 Å². The fraction of sp³-hybridized carbons (Fsp3) is 0.421. The van der Waals surface area contributed by atoms with Crippen molar-refractivity contribution in [2.24, 2.45) is 5.92 Å². The smallest absolute Gasteiger partial charge is 0.226 e. The van der Waals surface area contributed by atoms with Crippen LogP contribution in [-0.2, 0) is 11.2 Å². The van der Waals surface area contributed by atoms with Crippen molar-refractivity contribution >= 4 is 17.2 Å². The molecule has 0 spiro atoms. The van der Waals surface area contributed by atoms with Gasteiger partial charge in [0.1, 0.15) is 5.75 Å². The van der Waals surface area contributed by atoms with Crippen molar-refractivity contribution in [1.82, 2.24) is 4.90 Å². The quantitative estimate of drug-likeness (QED) is 0.852. The summed E-state index contributed by atoms with van der Waals surface area (Å²) in [4.78, 5) is 16.5.